The minimum atomic E-state index is -0.540. The molecule has 1 saturated heterocycles. The Kier molecular flexibility index (Phi) is 4.45. The largest absolute Gasteiger partial charge is 0.493 e. The van der Waals surface area contributed by atoms with E-state index in [0.29, 0.717) is 17.1 Å². The number of piperazine rings is 1. The van der Waals surface area contributed by atoms with Crippen LogP contribution in [0.15, 0.2) is 23.9 Å². The number of carbonyl (C=O) groups excluding carboxylic acids is 3. The molecule has 0 radical (unpaired) electrons. The van der Waals surface area contributed by atoms with Crippen LogP contribution in [0, 0.1) is 0 Å². The minimum Gasteiger partial charge on any atom is -0.493 e. The van der Waals surface area contributed by atoms with Crippen molar-refractivity contribution in [1.29, 1.82) is 0 Å². The van der Waals surface area contributed by atoms with Gasteiger partial charge in [0.25, 0.3) is 5.91 Å². The van der Waals surface area contributed by atoms with Gasteiger partial charge in [0.15, 0.2) is 11.5 Å². The lowest BCUT2D eigenvalue weighted by Crippen LogP contribution is -2.51. The molecule has 0 unspecified atom stereocenters. The van der Waals surface area contributed by atoms with Crippen LogP contribution in [0.4, 0.5) is 0 Å². The normalized spacial score (nSPS) is 16.5. The van der Waals surface area contributed by atoms with E-state index in [1.807, 2.05) is 0 Å². The van der Waals surface area contributed by atoms with Crippen molar-refractivity contribution < 1.29 is 23.9 Å². The Morgan fingerprint density at radius 1 is 1.23 bits per heavy atom. The summed E-state index contributed by atoms with van der Waals surface area (Å²) in [5.74, 6) is -0.384. The first-order chi connectivity index (χ1) is 10.5. The second kappa shape index (κ2) is 6.30. The van der Waals surface area contributed by atoms with Crippen molar-refractivity contribution in [2.75, 3.05) is 20.8 Å². The summed E-state index contributed by atoms with van der Waals surface area (Å²) < 4.78 is 10.3. The molecule has 1 aliphatic heterocycles. The highest BCUT2D eigenvalue weighted by Gasteiger charge is 2.30. The monoisotopic (exact) mass is 304 g/mol. The summed E-state index contributed by atoms with van der Waals surface area (Å²) in [6.45, 7) is 0.974. The van der Waals surface area contributed by atoms with Crippen molar-refractivity contribution in [3.63, 3.8) is 0 Å². The lowest BCUT2D eigenvalue weighted by Gasteiger charge is -2.25. The molecular weight excluding hydrogens is 288 g/mol. The van der Waals surface area contributed by atoms with Gasteiger partial charge < -0.3 is 14.8 Å². The van der Waals surface area contributed by atoms with Crippen molar-refractivity contribution >= 4 is 23.8 Å². The number of hydrogen-bond acceptors (Lipinski definition) is 5. The molecule has 0 atom stereocenters. The highest BCUT2D eigenvalue weighted by molar-refractivity contribution is 6.12. The Morgan fingerprint density at radius 3 is 2.50 bits per heavy atom. The molecule has 116 valence electrons. The van der Waals surface area contributed by atoms with Gasteiger partial charge in [-0.3, -0.25) is 19.3 Å². The predicted molar refractivity (Wildman–Crippen MR) is 78.1 cm³/mol. The molecule has 7 nitrogen and oxygen atoms in total. The summed E-state index contributed by atoms with van der Waals surface area (Å²) >= 11 is 0. The number of imide groups is 1. The number of methoxy groups -OCH3 is 2. The van der Waals surface area contributed by atoms with E-state index >= 15 is 0 Å². The lowest BCUT2D eigenvalue weighted by molar-refractivity contribution is -0.147. The van der Waals surface area contributed by atoms with Gasteiger partial charge in [-0.05, 0) is 23.8 Å². The first-order valence-electron chi connectivity index (χ1n) is 6.52. The number of benzene rings is 1. The molecule has 7 heteroatoms. The maximum atomic E-state index is 12.2. The summed E-state index contributed by atoms with van der Waals surface area (Å²) in [6, 6.07) is 5.06. The number of hydrogen-bond donors (Lipinski definition) is 1. The van der Waals surface area contributed by atoms with Crippen LogP contribution < -0.4 is 14.8 Å². The van der Waals surface area contributed by atoms with Crippen molar-refractivity contribution in [1.82, 2.24) is 10.2 Å². The second-order valence-electron chi connectivity index (χ2n) is 4.63. The summed E-state index contributed by atoms with van der Waals surface area (Å²) in [7, 11) is 3.02. The molecule has 0 bridgehead atoms. The van der Waals surface area contributed by atoms with Crippen molar-refractivity contribution in [2.24, 2.45) is 0 Å². The molecular formula is C15H16N2O5. The fourth-order valence-corrected chi connectivity index (χ4v) is 2.07. The fraction of sp³-hybridized carbons (Fsp3) is 0.267. The SMILES string of the molecule is COc1ccc(C=C2NC(=O)CN(C(C)=O)C2=O)cc1OC. The second-order valence-corrected chi connectivity index (χ2v) is 4.63. The van der Waals surface area contributed by atoms with Crippen molar-refractivity contribution in [3.05, 3.63) is 29.5 Å². The minimum absolute atomic E-state index is 0.0404. The Labute approximate surface area is 127 Å². The number of nitrogens with zero attached hydrogens (tertiary/aromatic N) is 1. The molecule has 0 saturated carbocycles. The Bertz CT molecular complexity index is 666. The highest BCUT2D eigenvalue weighted by atomic mass is 16.5. The van der Waals surface area contributed by atoms with Gasteiger partial charge in [0.2, 0.25) is 11.8 Å². The van der Waals surface area contributed by atoms with E-state index in [9.17, 15) is 14.4 Å². The summed E-state index contributed by atoms with van der Waals surface area (Å²) in [6.07, 6.45) is 1.48. The van der Waals surface area contributed by atoms with E-state index in [1.54, 1.807) is 18.2 Å². The van der Waals surface area contributed by atoms with E-state index in [4.69, 9.17) is 9.47 Å². The third kappa shape index (κ3) is 3.08. The van der Waals surface area contributed by atoms with Gasteiger partial charge >= 0.3 is 0 Å². The van der Waals surface area contributed by atoms with E-state index < -0.39 is 17.7 Å². The molecule has 0 spiro atoms. The van der Waals surface area contributed by atoms with Crippen LogP contribution in [-0.4, -0.2) is 43.4 Å². The molecule has 1 aromatic rings. The van der Waals surface area contributed by atoms with Crippen molar-refractivity contribution in [2.45, 2.75) is 6.92 Å². The lowest BCUT2D eigenvalue weighted by atomic mass is 10.1. The first kappa shape index (κ1) is 15.6. The molecule has 2 rings (SSSR count). The van der Waals surface area contributed by atoms with E-state index in [1.165, 1.54) is 27.2 Å². The van der Waals surface area contributed by atoms with Gasteiger partial charge in [0.1, 0.15) is 12.2 Å². The number of nitrogens with one attached hydrogen (secondary N) is 1. The summed E-state index contributed by atoms with van der Waals surface area (Å²) in [4.78, 5) is 36.1. The zero-order valence-electron chi connectivity index (χ0n) is 12.5. The average Bonchev–Trinajstić information content (AvgIpc) is 2.50. The number of carbonyl (C=O) groups is 3. The Hall–Kier alpha value is -2.83. The third-order valence-corrected chi connectivity index (χ3v) is 3.15. The zero-order valence-corrected chi connectivity index (χ0v) is 12.5. The number of amides is 3. The first-order valence-corrected chi connectivity index (χ1v) is 6.52. The van der Waals surface area contributed by atoms with E-state index in [0.717, 1.165) is 4.90 Å². The maximum absolute atomic E-state index is 12.2. The Morgan fingerprint density at radius 2 is 1.91 bits per heavy atom. The predicted octanol–water partition coefficient (Wildman–Crippen LogP) is 0.550. The van der Waals surface area contributed by atoms with Crippen LogP contribution in [-0.2, 0) is 14.4 Å². The van der Waals surface area contributed by atoms with Crippen molar-refractivity contribution in [3.8, 4) is 11.5 Å². The quantitative estimate of drug-likeness (QED) is 0.824. The van der Waals surface area contributed by atoms with Crippen LogP contribution in [0.25, 0.3) is 6.08 Å². The van der Waals surface area contributed by atoms with Crippen LogP contribution >= 0.6 is 0 Å². The molecule has 1 aromatic carbocycles. The number of ether oxygens (including phenoxy) is 2. The molecule has 22 heavy (non-hydrogen) atoms. The smallest absolute Gasteiger partial charge is 0.277 e. The van der Waals surface area contributed by atoms with Crippen LogP contribution in [0.2, 0.25) is 0 Å². The van der Waals surface area contributed by atoms with E-state index in [2.05, 4.69) is 5.32 Å². The van der Waals surface area contributed by atoms with Gasteiger partial charge in [-0.1, -0.05) is 6.07 Å². The molecule has 3 amide bonds. The van der Waals surface area contributed by atoms with Crippen LogP contribution in [0.1, 0.15) is 12.5 Å². The topological polar surface area (TPSA) is 84.9 Å². The Balaban J connectivity index is 2.37. The van der Waals surface area contributed by atoms with E-state index in [-0.39, 0.29) is 12.2 Å². The molecule has 0 aromatic heterocycles. The molecule has 0 aliphatic carbocycles. The average molecular weight is 304 g/mol. The fourth-order valence-electron chi connectivity index (χ4n) is 2.07. The standard InChI is InChI=1S/C15H16N2O5/c1-9(18)17-8-14(19)16-11(15(17)20)6-10-4-5-12(21-2)13(7-10)22-3/h4-7H,8H2,1-3H3,(H,16,19). The van der Waals surface area contributed by atoms with Gasteiger partial charge in [0, 0.05) is 6.92 Å². The van der Waals surface area contributed by atoms with Gasteiger partial charge in [-0.15, -0.1) is 0 Å². The highest BCUT2D eigenvalue weighted by Crippen LogP contribution is 2.28. The molecule has 1 heterocycles. The van der Waals surface area contributed by atoms with Gasteiger partial charge in [0.05, 0.1) is 14.2 Å². The van der Waals surface area contributed by atoms with Crippen LogP contribution in [0.3, 0.4) is 0 Å². The van der Waals surface area contributed by atoms with Gasteiger partial charge in [-0.2, -0.15) is 0 Å². The summed E-state index contributed by atoms with van der Waals surface area (Å²) in [5.41, 5.74) is 0.672. The summed E-state index contributed by atoms with van der Waals surface area (Å²) in [5, 5.41) is 2.47. The van der Waals surface area contributed by atoms with Gasteiger partial charge in [-0.25, -0.2) is 0 Å². The maximum Gasteiger partial charge on any atom is 0.277 e. The van der Waals surface area contributed by atoms with Crippen LogP contribution in [0.5, 0.6) is 11.5 Å². The molecule has 1 aliphatic rings. The number of rotatable bonds is 3. The molecule has 1 fully saturated rings. The molecule has 1 N–H and O–H groups in total. The third-order valence-electron chi connectivity index (χ3n) is 3.15. The zero-order chi connectivity index (χ0) is 16.3.